The zero-order valence-electron chi connectivity index (χ0n) is 7.19. The summed E-state index contributed by atoms with van der Waals surface area (Å²) in [5.41, 5.74) is 0.767. The fraction of sp³-hybridized carbons (Fsp3) is 0.100. The van der Waals surface area contributed by atoms with Crippen molar-refractivity contribution in [3.8, 4) is 0 Å². The number of hydrogen-bond acceptors (Lipinski definition) is 3. The van der Waals surface area contributed by atoms with E-state index in [0.717, 1.165) is 5.56 Å². The van der Waals surface area contributed by atoms with Crippen molar-refractivity contribution < 1.29 is 14.6 Å². The molecule has 0 saturated carbocycles. The lowest BCUT2D eigenvalue weighted by molar-refractivity contribution is -0.302. The van der Waals surface area contributed by atoms with Crippen LogP contribution in [0.1, 0.15) is 5.56 Å². The van der Waals surface area contributed by atoms with E-state index in [1.807, 2.05) is 18.2 Å². The molecule has 0 spiro atoms. The maximum absolute atomic E-state index is 10.4. The molecule has 0 amide bonds. The number of carbonyl (C=O) groups is 1. The average molecular weight is 177 g/mol. The maximum Gasteiger partial charge on any atom is 0.142 e. The number of carboxylic acids is 1. The van der Waals surface area contributed by atoms with Gasteiger partial charge in [0, 0.05) is 0 Å². The molecule has 1 rings (SSSR count). The normalized spacial score (nSPS) is 11.0. The monoisotopic (exact) mass is 177 g/mol. The molecule has 0 atom stereocenters. The van der Waals surface area contributed by atoms with Crippen molar-refractivity contribution in [3.05, 3.63) is 41.7 Å². The van der Waals surface area contributed by atoms with E-state index in [4.69, 9.17) is 0 Å². The molecule has 0 saturated heterocycles. The van der Waals surface area contributed by atoms with E-state index >= 15 is 0 Å². The zero-order chi connectivity index (χ0) is 9.68. The van der Waals surface area contributed by atoms with Crippen molar-refractivity contribution in [2.45, 2.75) is 0 Å². The van der Waals surface area contributed by atoms with Gasteiger partial charge in [-0.25, -0.2) is 0 Å². The Morgan fingerprint density at radius 1 is 1.38 bits per heavy atom. The summed E-state index contributed by atoms with van der Waals surface area (Å²) in [6.07, 6.45) is 1.41. The fourth-order valence-electron chi connectivity index (χ4n) is 0.902. The van der Waals surface area contributed by atoms with E-state index in [1.165, 1.54) is 13.2 Å². The first-order valence-corrected chi connectivity index (χ1v) is 3.76. The van der Waals surface area contributed by atoms with E-state index in [2.05, 4.69) is 4.74 Å². The molecule has 0 bridgehead atoms. The van der Waals surface area contributed by atoms with Gasteiger partial charge in [0.1, 0.15) is 11.7 Å². The molecule has 0 heterocycles. The predicted octanol–water partition coefficient (Wildman–Crippen LogP) is 0.424. The van der Waals surface area contributed by atoms with Crippen LogP contribution in [0.4, 0.5) is 0 Å². The molecule has 68 valence electrons. The summed E-state index contributed by atoms with van der Waals surface area (Å²) in [4.78, 5) is 10.4. The van der Waals surface area contributed by atoms with Crippen LogP contribution in [0.3, 0.4) is 0 Å². The Hall–Kier alpha value is -1.77. The lowest BCUT2D eigenvalue weighted by atomic mass is 10.2. The van der Waals surface area contributed by atoms with Gasteiger partial charge in [0.25, 0.3) is 0 Å². The molecule has 0 aliphatic heterocycles. The molecule has 1 aromatic rings. The molecule has 0 N–H and O–H groups in total. The summed E-state index contributed by atoms with van der Waals surface area (Å²) in [5, 5.41) is 10.4. The van der Waals surface area contributed by atoms with Crippen molar-refractivity contribution in [1.82, 2.24) is 0 Å². The quantitative estimate of drug-likeness (QED) is 0.496. The van der Waals surface area contributed by atoms with Gasteiger partial charge in [0.05, 0.1) is 7.11 Å². The summed E-state index contributed by atoms with van der Waals surface area (Å²) >= 11 is 0. The van der Waals surface area contributed by atoms with Gasteiger partial charge in [0.15, 0.2) is 0 Å². The molecule has 3 heteroatoms. The van der Waals surface area contributed by atoms with Gasteiger partial charge in [-0.3, -0.25) is 0 Å². The van der Waals surface area contributed by atoms with Gasteiger partial charge < -0.3 is 14.6 Å². The Labute approximate surface area is 76.3 Å². The van der Waals surface area contributed by atoms with Crippen LogP contribution in [0.5, 0.6) is 0 Å². The van der Waals surface area contributed by atoms with Crippen LogP contribution in [0.15, 0.2) is 36.1 Å². The standard InChI is InChI=1S/C10H10O3/c1-13-9(10(11)12)7-8-5-3-2-4-6-8/h2-7H,1H3,(H,11,12)/p-1. The minimum atomic E-state index is -1.31. The largest absolute Gasteiger partial charge is 0.542 e. The second-order valence-electron chi connectivity index (χ2n) is 2.41. The highest BCUT2D eigenvalue weighted by Gasteiger charge is 1.96. The summed E-state index contributed by atoms with van der Waals surface area (Å²) in [6.45, 7) is 0. The van der Waals surface area contributed by atoms with E-state index in [9.17, 15) is 9.90 Å². The summed E-state index contributed by atoms with van der Waals surface area (Å²) in [6, 6.07) is 9.04. The Balaban J connectivity index is 2.92. The first-order valence-electron chi connectivity index (χ1n) is 3.76. The molecule has 1 aromatic carbocycles. The summed E-state index contributed by atoms with van der Waals surface area (Å²) in [7, 11) is 1.30. The minimum absolute atomic E-state index is 0.175. The Morgan fingerprint density at radius 2 is 2.00 bits per heavy atom. The average Bonchev–Trinajstić information content (AvgIpc) is 2.15. The summed E-state index contributed by atoms with van der Waals surface area (Å²) in [5.74, 6) is -1.49. The highest BCUT2D eigenvalue weighted by molar-refractivity contribution is 5.88. The zero-order valence-corrected chi connectivity index (χ0v) is 7.19. The third-order valence-electron chi connectivity index (χ3n) is 1.52. The van der Waals surface area contributed by atoms with Crippen LogP contribution in [0, 0.1) is 0 Å². The molecule has 0 aromatic heterocycles. The molecule has 0 unspecified atom stereocenters. The smallest absolute Gasteiger partial charge is 0.142 e. The van der Waals surface area contributed by atoms with Crippen molar-refractivity contribution in [1.29, 1.82) is 0 Å². The molecule has 13 heavy (non-hydrogen) atoms. The van der Waals surface area contributed by atoms with Gasteiger partial charge in [-0.2, -0.15) is 0 Å². The molecular weight excluding hydrogens is 168 g/mol. The van der Waals surface area contributed by atoms with Gasteiger partial charge in [-0.15, -0.1) is 0 Å². The molecule has 0 aliphatic rings. The number of hydrogen-bond donors (Lipinski definition) is 0. The first-order chi connectivity index (χ1) is 6.24. The number of methoxy groups -OCH3 is 1. The predicted molar refractivity (Wildman–Crippen MR) is 46.4 cm³/mol. The van der Waals surface area contributed by atoms with E-state index < -0.39 is 5.97 Å². The number of benzene rings is 1. The SMILES string of the molecule is COC(=Cc1ccccc1)C(=O)[O-]. The van der Waals surface area contributed by atoms with Crippen LogP contribution < -0.4 is 5.11 Å². The fourth-order valence-corrected chi connectivity index (χ4v) is 0.902. The molecule has 0 radical (unpaired) electrons. The highest BCUT2D eigenvalue weighted by Crippen LogP contribution is 2.05. The van der Waals surface area contributed by atoms with Crippen LogP contribution >= 0.6 is 0 Å². The highest BCUT2D eigenvalue weighted by atomic mass is 16.5. The van der Waals surface area contributed by atoms with Crippen molar-refractivity contribution in [2.24, 2.45) is 0 Å². The van der Waals surface area contributed by atoms with Gasteiger partial charge in [0.2, 0.25) is 0 Å². The molecule has 0 fully saturated rings. The van der Waals surface area contributed by atoms with E-state index in [0.29, 0.717) is 0 Å². The van der Waals surface area contributed by atoms with Crippen LogP contribution in [-0.2, 0) is 9.53 Å². The second kappa shape index (κ2) is 4.30. The van der Waals surface area contributed by atoms with Gasteiger partial charge >= 0.3 is 0 Å². The maximum atomic E-state index is 10.4. The summed E-state index contributed by atoms with van der Waals surface area (Å²) < 4.78 is 4.61. The Bertz CT molecular complexity index is 314. The van der Waals surface area contributed by atoms with Crippen molar-refractivity contribution >= 4 is 12.0 Å². The van der Waals surface area contributed by atoms with Crippen LogP contribution in [-0.4, -0.2) is 13.1 Å². The first kappa shape index (κ1) is 9.32. The second-order valence-corrected chi connectivity index (χ2v) is 2.41. The van der Waals surface area contributed by atoms with E-state index in [1.54, 1.807) is 12.1 Å². The lowest BCUT2D eigenvalue weighted by Crippen LogP contribution is -2.25. The Kier molecular flexibility index (Phi) is 3.09. The number of ether oxygens (including phenoxy) is 1. The van der Waals surface area contributed by atoms with Crippen LogP contribution in [0.25, 0.3) is 6.08 Å². The molecule has 0 aliphatic carbocycles. The Morgan fingerprint density at radius 3 is 2.46 bits per heavy atom. The van der Waals surface area contributed by atoms with Crippen LogP contribution in [0.2, 0.25) is 0 Å². The topological polar surface area (TPSA) is 49.4 Å². The van der Waals surface area contributed by atoms with Crippen molar-refractivity contribution in [2.75, 3.05) is 7.11 Å². The third-order valence-corrected chi connectivity index (χ3v) is 1.52. The number of carboxylic acid groups (broad SMARTS) is 1. The number of rotatable bonds is 3. The van der Waals surface area contributed by atoms with E-state index in [-0.39, 0.29) is 5.76 Å². The number of carbonyl (C=O) groups excluding carboxylic acids is 1. The third kappa shape index (κ3) is 2.63. The molecular formula is C10H9O3-. The lowest BCUT2D eigenvalue weighted by Gasteiger charge is -2.05. The number of aliphatic carboxylic acids is 1. The minimum Gasteiger partial charge on any atom is -0.542 e. The molecule has 3 nitrogen and oxygen atoms in total. The van der Waals surface area contributed by atoms with Gasteiger partial charge in [-0.1, -0.05) is 30.3 Å². The van der Waals surface area contributed by atoms with Gasteiger partial charge in [-0.05, 0) is 11.6 Å². The van der Waals surface area contributed by atoms with Crippen molar-refractivity contribution in [3.63, 3.8) is 0 Å².